The highest BCUT2D eigenvalue weighted by atomic mass is 35.5. The maximum Gasteiger partial charge on any atom is 0.134 e. The molecule has 3 heteroatoms. The van der Waals surface area contributed by atoms with Gasteiger partial charge < -0.3 is 0 Å². The van der Waals surface area contributed by atoms with E-state index in [1.54, 1.807) is 0 Å². The highest BCUT2D eigenvalue weighted by Crippen LogP contribution is 2.21. The number of hydrogen-bond acceptors (Lipinski definition) is 1. The van der Waals surface area contributed by atoms with Gasteiger partial charge in [-0.05, 0) is 30.5 Å². The average Bonchev–Trinajstić information content (AvgIpc) is 1.85. The van der Waals surface area contributed by atoms with Crippen LogP contribution < -0.4 is 0 Å². The molecule has 0 fully saturated rings. The predicted octanol–water partition coefficient (Wildman–Crippen LogP) is 3.26. The van der Waals surface area contributed by atoms with E-state index in [1.807, 2.05) is 19.9 Å². The summed E-state index contributed by atoms with van der Waals surface area (Å²) >= 11 is 11.5. The maximum atomic E-state index is 5.84. The van der Waals surface area contributed by atoms with E-state index in [4.69, 9.17) is 23.2 Å². The van der Waals surface area contributed by atoms with Gasteiger partial charge in [0.05, 0.1) is 0 Å². The van der Waals surface area contributed by atoms with Crippen LogP contribution >= 0.6 is 23.2 Å². The Balaban J connectivity index is 3.25. The Bertz CT molecular complexity index is 248. The van der Waals surface area contributed by atoms with Crippen molar-refractivity contribution in [3.63, 3.8) is 0 Å². The van der Waals surface area contributed by atoms with Gasteiger partial charge in [0.2, 0.25) is 0 Å². The fourth-order valence-electron chi connectivity index (χ4n) is 1.05. The van der Waals surface area contributed by atoms with Gasteiger partial charge in [-0.15, -0.1) is 0 Å². The number of halogens is 2. The number of hydrogen-bond donors (Lipinski definition) is 0. The van der Waals surface area contributed by atoms with E-state index in [1.165, 1.54) is 0 Å². The van der Waals surface area contributed by atoms with Crippen molar-refractivity contribution in [2.45, 2.75) is 20.3 Å². The molecule has 0 unspecified atom stereocenters. The molecule has 0 aromatic carbocycles. The molecule has 1 nitrogen and oxygen atoms in total. The number of nitrogens with zero attached hydrogens (tertiary/aromatic N) is 1. The van der Waals surface area contributed by atoms with Crippen molar-refractivity contribution < 1.29 is 0 Å². The fourth-order valence-corrected chi connectivity index (χ4v) is 1.71. The number of pyridine rings is 1. The molecule has 60 valence electrons. The van der Waals surface area contributed by atoms with Crippen LogP contribution in [0.4, 0.5) is 0 Å². The highest BCUT2D eigenvalue weighted by Gasteiger charge is 2.04. The zero-order chi connectivity index (χ0) is 8.43. The lowest BCUT2D eigenvalue weighted by molar-refractivity contribution is 1.07. The standard InChI is InChI=1S/C8H9Cl2N/c1-3-6-5(2)4-7(9)11-8(6)10/h4H,3H2,1-2H3. The average molecular weight is 190 g/mol. The quantitative estimate of drug-likeness (QED) is 0.619. The van der Waals surface area contributed by atoms with Crippen LogP contribution in [0.5, 0.6) is 0 Å². The van der Waals surface area contributed by atoms with Crippen LogP contribution in [0.15, 0.2) is 6.07 Å². The first-order chi connectivity index (χ1) is 5.15. The number of aryl methyl sites for hydroxylation is 1. The molecule has 0 amide bonds. The van der Waals surface area contributed by atoms with Gasteiger partial charge in [-0.3, -0.25) is 0 Å². The number of aromatic nitrogens is 1. The van der Waals surface area contributed by atoms with Gasteiger partial charge in [0.1, 0.15) is 10.3 Å². The fraction of sp³-hybridized carbons (Fsp3) is 0.375. The van der Waals surface area contributed by atoms with Crippen molar-refractivity contribution in [1.29, 1.82) is 0 Å². The summed E-state index contributed by atoms with van der Waals surface area (Å²) in [6.45, 7) is 4.03. The van der Waals surface area contributed by atoms with Crippen LogP contribution in [0.25, 0.3) is 0 Å². The Labute approximate surface area is 76.4 Å². The maximum absolute atomic E-state index is 5.84. The SMILES string of the molecule is CCc1c(C)cc(Cl)nc1Cl. The van der Waals surface area contributed by atoms with Gasteiger partial charge in [0.15, 0.2) is 0 Å². The molecule has 0 aliphatic carbocycles. The van der Waals surface area contributed by atoms with Gasteiger partial charge in [0, 0.05) is 0 Å². The van der Waals surface area contributed by atoms with Gasteiger partial charge in [-0.25, -0.2) is 4.98 Å². The lowest BCUT2D eigenvalue weighted by atomic mass is 10.1. The third-order valence-electron chi connectivity index (χ3n) is 1.62. The van der Waals surface area contributed by atoms with E-state index in [0.29, 0.717) is 10.3 Å². The Morgan fingerprint density at radius 1 is 1.45 bits per heavy atom. The van der Waals surface area contributed by atoms with Crippen molar-refractivity contribution in [3.05, 3.63) is 27.5 Å². The van der Waals surface area contributed by atoms with Crippen LogP contribution in [0, 0.1) is 6.92 Å². The van der Waals surface area contributed by atoms with E-state index in [0.717, 1.165) is 17.5 Å². The molecule has 0 N–H and O–H groups in total. The molecule has 11 heavy (non-hydrogen) atoms. The van der Waals surface area contributed by atoms with Crippen LogP contribution in [0.1, 0.15) is 18.1 Å². The highest BCUT2D eigenvalue weighted by molar-refractivity contribution is 6.33. The Morgan fingerprint density at radius 3 is 2.55 bits per heavy atom. The third kappa shape index (κ3) is 1.85. The van der Waals surface area contributed by atoms with Gasteiger partial charge >= 0.3 is 0 Å². The zero-order valence-electron chi connectivity index (χ0n) is 6.49. The van der Waals surface area contributed by atoms with Crippen molar-refractivity contribution in [1.82, 2.24) is 4.98 Å². The van der Waals surface area contributed by atoms with E-state index in [9.17, 15) is 0 Å². The summed E-state index contributed by atoms with van der Waals surface area (Å²) in [7, 11) is 0. The van der Waals surface area contributed by atoms with Crippen LogP contribution in [-0.4, -0.2) is 4.98 Å². The van der Waals surface area contributed by atoms with E-state index in [2.05, 4.69) is 4.98 Å². The summed E-state index contributed by atoms with van der Waals surface area (Å²) in [5, 5.41) is 0.988. The minimum atomic E-state index is 0.463. The third-order valence-corrected chi connectivity index (χ3v) is 2.13. The second-order valence-corrected chi connectivity index (χ2v) is 3.13. The molecule has 1 heterocycles. The largest absolute Gasteiger partial charge is 0.224 e. The molecule has 0 atom stereocenters. The van der Waals surface area contributed by atoms with Crippen LogP contribution in [0.2, 0.25) is 10.3 Å². The summed E-state index contributed by atoms with van der Waals surface area (Å²) in [6, 6.07) is 1.83. The minimum Gasteiger partial charge on any atom is -0.224 e. The lowest BCUT2D eigenvalue weighted by Gasteiger charge is -2.04. The van der Waals surface area contributed by atoms with Gasteiger partial charge in [-0.2, -0.15) is 0 Å². The molecule has 0 spiro atoms. The Kier molecular flexibility index (Phi) is 2.74. The summed E-state index contributed by atoms with van der Waals surface area (Å²) in [5.41, 5.74) is 2.19. The second kappa shape index (κ2) is 3.42. The van der Waals surface area contributed by atoms with Crippen LogP contribution in [0.3, 0.4) is 0 Å². The molecule has 0 saturated carbocycles. The van der Waals surface area contributed by atoms with Crippen molar-refractivity contribution in [3.8, 4) is 0 Å². The van der Waals surface area contributed by atoms with Crippen molar-refractivity contribution in [2.75, 3.05) is 0 Å². The molecule has 0 aliphatic heterocycles. The second-order valence-electron chi connectivity index (χ2n) is 2.38. The first-order valence-corrected chi connectivity index (χ1v) is 4.22. The first kappa shape index (κ1) is 8.82. The summed E-state index contributed by atoms with van der Waals surface area (Å²) in [4.78, 5) is 3.94. The molecule has 0 aliphatic rings. The monoisotopic (exact) mass is 189 g/mol. The Morgan fingerprint density at radius 2 is 2.09 bits per heavy atom. The summed E-state index contributed by atoms with van der Waals surface area (Å²) in [5.74, 6) is 0. The predicted molar refractivity (Wildman–Crippen MR) is 48.4 cm³/mol. The van der Waals surface area contributed by atoms with Gasteiger partial charge in [-0.1, -0.05) is 30.1 Å². The summed E-state index contributed by atoms with van der Waals surface area (Å²) in [6.07, 6.45) is 0.898. The lowest BCUT2D eigenvalue weighted by Crippen LogP contribution is -1.91. The van der Waals surface area contributed by atoms with Crippen LogP contribution in [-0.2, 0) is 6.42 Å². The smallest absolute Gasteiger partial charge is 0.134 e. The molecule has 1 aromatic heterocycles. The molecule has 0 radical (unpaired) electrons. The molecule has 0 bridgehead atoms. The molecular weight excluding hydrogens is 181 g/mol. The van der Waals surface area contributed by atoms with Gasteiger partial charge in [0.25, 0.3) is 0 Å². The normalized spacial score (nSPS) is 10.2. The molecule has 1 rings (SSSR count). The Hall–Kier alpha value is -0.270. The van der Waals surface area contributed by atoms with Crippen molar-refractivity contribution >= 4 is 23.2 Å². The minimum absolute atomic E-state index is 0.463. The molecular formula is C8H9Cl2N. The summed E-state index contributed by atoms with van der Waals surface area (Å²) < 4.78 is 0. The first-order valence-electron chi connectivity index (χ1n) is 3.46. The van der Waals surface area contributed by atoms with Crippen molar-refractivity contribution in [2.24, 2.45) is 0 Å². The molecule has 0 saturated heterocycles. The topological polar surface area (TPSA) is 12.9 Å². The van der Waals surface area contributed by atoms with E-state index >= 15 is 0 Å². The van der Waals surface area contributed by atoms with E-state index in [-0.39, 0.29) is 0 Å². The number of rotatable bonds is 1. The molecule has 1 aromatic rings. The van der Waals surface area contributed by atoms with E-state index < -0.39 is 0 Å². The zero-order valence-corrected chi connectivity index (χ0v) is 8.00.